The zero-order chi connectivity index (χ0) is 17.9. The van der Waals surface area contributed by atoms with Crippen LogP contribution in [-0.2, 0) is 6.54 Å². The van der Waals surface area contributed by atoms with E-state index in [4.69, 9.17) is 0 Å². The minimum Gasteiger partial charge on any atom is -0.383 e. The van der Waals surface area contributed by atoms with Gasteiger partial charge in [-0.05, 0) is 31.2 Å². The molecule has 0 aliphatic heterocycles. The SMILES string of the molecule is CCNC(=NCc1ccccn1)NCCNc1ccc([N+](=O)[O-])cc1. The zero-order valence-electron chi connectivity index (χ0n) is 14.1. The van der Waals surface area contributed by atoms with Gasteiger partial charge < -0.3 is 16.0 Å². The van der Waals surface area contributed by atoms with Crippen LogP contribution in [0.4, 0.5) is 11.4 Å². The van der Waals surface area contributed by atoms with Crippen molar-refractivity contribution in [3.8, 4) is 0 Å². The van der Waals surface area contributed by atoms with Gasteiger partial charge in [0.2, 0.25) is 0 Å². The Labute approximate surface area is 146 Å². The van der Waals surface area contributed by atoms with Gasteiger partial charge in [-0.1, -0.05) is 6.07 Å². The third-order valence-corrected chi connectivity index (χ3v) is 3.29. The van der Waals surface area contributed by atoms with Crippen LogP contribution in [0, 0.1) is 10.1 Å². The average Bonchev–Trinajstić information content (AvgIpc) is 2.64. The first kappa shape index (κ1) is 18.2. The highest BCUT2D eigenvalue weighted by atomic mass is 16.6. The van der Waals surface area contributed by atoms with Crippen LogP contribution in [0.1, 0.15) is 12.6 Å². The van der Waals surface area contributed by atoms with E-state index in [-0.39, 0.29) is 5.69 Å². The molecule has 3 N–H and O–H groups in total. The summed E-state index contributed by atoms with van der Waals surface area (Å²) in [7, 11) is 0. The van der Waals surface area contributed by atoms with Gasteiger partial charge in [-0.3, -0.25) is 15.1 Å². The number of guanidine groups is 1. The average molecular weight is 342 g/mol. The largest absolute Gasteiger partial charge is 0.383 e. The zero-order valence-corrected chi connectivity index (χ0v) is 14.1. The lowest BCUT2D eigenvalue weighted by atomic mass is 10.3. The molecule has 0 spiro atoms. The normalized spacial score (nSPS) is 11.0. The predicted octanol–water partition coefficient (Wildman–Crippen LogP) is 2.16. The van der Waals surface area contributed by atoms with Crippen molar-refractivity contribution in [3.05, 3.63) is 64.5 Å². The summed E-state index contributed by atoms with van der Waals surface area (Å²) in [5.41, 5.74) is 1.83. The van der Waals surface area contributed by atoms with Gasteiger partial charge in [-0.2, -0.15) is 0 Å². The third kappa shape index (κ3) is 6.46. The summed E-state index contributed by atoms with van der Waals surface area (Å²) in [6, 6.07) is 12.1. The summed E-state index contributed by atoms with van der Waals surface area (Å²) in [5, 5.41) is 20.2. The molecular weight excluding hydrogens is 320 g/mol. The molecule has 1 aromatic heterocycles. The van der Waals surface area contributed by atoms with E-state index in [1.807, 2.05) is 25.1 Å². The second kappa shape index (κ2) is 9.86. The summed E-state index contributed by atoms with van der Waals surface area (Å²) in [4.78, 5) is 18.9. The van der Waals surface area contributed by atoms with Gasteiger partial charge in [-0.15, -0.1) is 0 Å². The molecule has 0 fully saturated rings. The quantitative estimate of drug-likeness (QED) is 0.223. The number of nitro benzene ring substituents is 1. The topological polar surface area (TPSA) is 104 Å². The molecule has 0 amide bonds. The number of rotatable bonds is 8. The fraction of sp³-hybridized carbons (Fsp3) is 0.294. The lowest BCUT2D eigenvalue weighted by molar-refractivity contribution is -0.384. The van der Waals surface area contributed by atoms with Crippen LogP contribution in [0.3, 0.4) is 0 Å². The fourth-order valence-corrected chi connectivity index (χ4v) is 2.08. The number of hydrogen-bond acceptors (Lipinski definition) is 5. The highest BCUT2D eigenvalue weighted by molar-refractivity contribution is 5.79. The molecule has 1 aromatic carbocycles. The van der Waals surface area contributed by atoms with Gasteiger partial charge in [0, 0.05) is 43.7 Å². The monoisotopic (exact) mass is 342 g/mol. The number of pyridine rings is 1. The molecule has 25 heavy (non-hydrogen) atoms. The van der Waals surface area contributed by atoms with Crippen LogP contribution in [0.25, 0.3) is 0 Å². The Hall–Kier alpha value is -3.16. The first-order chi connectivity index (χ1) is 12.2. The number of nitrogens with one attached hydrogen (secondary N) is 3. The Morgan fingerprint density at radius 2 is 1.96 bits per heavy atom. The molecule has 0 radical (unpaired) electrons. The molecule has 0 atom stereocenters. The number of aliphatic imine (C=N–C) groups is 1. The van der Waals surface area contributed by atoms with Gasteiger partial charge in [-0.25, -0.2) is 4.99 Å². The second-order valence-corrected chi connectivity index (χ2v) is 5.17. The van der Waals surface area contributed by atoms with Crippen LogP contribution in [-0.4, -0.2) is 35.5 Å². The van der Waals surface area contributed by atoms with E-state index >= 15 is 0 Å². The lowest BCUT2D eigenvalue weighted by Gasteiger charge is -2.12. The lowest BCUT2D eigenvalue weighted by Crippen LogP contribution is -2.39. The van der Waals surface area contributed by atoms with Crippen molar-refractivity contribution in [1.29, 1.82) is 0 Å². The van der Waals surface area contributed by atoms with Gasteiger partial charge in [0.25, 0.3) is 5.69 Å². The maximum atomic E-state index is 10.6. The first-order valence-electron chi connectivity index (χ1n) is 8.09. The summed E-state index contributed by atoms with van der Waals surface area (Å²) in [6.07, 6.45) is 1.75. The number of aromatic nitrogens is 1. The minimum absolute atomic E-state index is 0.0831. The van der Waals surface area contributed by atoms with Crippen molar-refractivity contribution < 1.29 is 4.92 Å². The number of hydrogen-bond donors (Lipinski definition) is 3. The first-order valence-corrected chi connectivity index (χ1v) is 8.09. The van der Waals surface area contributed by atoms with Gasteiger partial charge in [0.1, 0.15) is 0 Å². The van der Waals surface area contributed by atoms with E-state index in [9.17, 15) is 10.1 Å². The fourth-order valence-electron chi connectivity index (χ4n) is 2.08. The summed E-state index contributed by atoms with van der Waals surface area (Å²) in [5.74, 6) is 0.721. The molecule has 2 aromatic rings. The highest BCUT2D eigenvalue weighted by Gasteiger charge is 2.03. The van der Waals surface area contributed by atoms with E-state index in [0.717, 1.165) is 23.9 Å². The molecule has 132 valence electrons. The standard InChI is InChI=1S/C17H22N6O2/c1-2-18-17(22-13-15-5-3-4-10-19-15)21-12-11-20-14-6-8-16(9-7-14)23(24)25/h3-10,20H,2,11-13H2,1H3,(H2,18,21,22). The van der Waals surface area contributed by atoms with E-state index in [1.54, 1.807) is 18.3 Å². The van der Waals surface area contributed by atoms with Crippen molar-refractivity contribution in [2.75, 3.05) is 25.0 Å². The van der Waals surface area contributed by atoms with E-state index in [0.29, 0.717) is 19.6 Å². The Morgan fingerprint density at radius 3 is 2.60 bits per heavy atom. The maximum absolute atomic E-state index is 10.6. The van der Waals surface area contributed by atoms with Crippen LogP contribution < -0.4 is 16.0 Å². The molecule has 2 rings (SSSR count). The van der Waals surface area contributed by atoms with Crippen molar-refractivity contribution in [1.82, 2.24) is 15.6 Å². The Morgan fingerprint density at radius 1 is 1.16 bits per heavy atom. The van der Waals surface area contributed by atoms with Crippen molar-refractivity contribution in [2.24, 2.45) is 4.99 Å². The second-order valence-electron chi connectivity index (χ2n) is 5.17. The van der Waals surface area contributed by atoms with E-state index in [1.165, 1.54) is 12.1 Å². The maximum Gasteiger partial charge on any atom is 0.269 e. The molecule has 0 aliphatic rings. The number of anilines is 1. The molecule has 0 bridgehead atoms. The van der Waals surface area contributed by atoms with Crippen LogP contribution in [0.5, 0.6) is 0 Å². The molecule has 0 saturated heterocycles. The molecule has 8 nitrogen and oxygen atoms in total. The minimum atomic E-state index is -0.411. The van der Waals surface area contributed by atoms with Crippen molar-refractivity contribution >= 4 is 17.3 Å². The Balaban J connectivity index is 1.77. The number of non-ortho nitro benzene ring substituents is 1. The summed E-state index contributed by atoms with van der Waals surface area (Å²) >= 11 is 0. The molecule has 0 aliphatic carbocycles. The Bertz CT molecular complexity index is 688. The third-order valence-electron chi connectivity index (χ3n) is 3.29. The smallest absolute Gasteiger partial charge is 0.269 e. The molecule has 0 saturated carbocycles. The molecule has 0 unspecified atom stereocenters. The van der Waals surface area contributed by atoms with Crippen LogP contribution in [0.15, 0.2) is 53.7 Å². The summed E-state index contributed by atoms with van der Waals surface area (Å²) < 4.78 is 0. The summed E-state index contributed by atoms with van der Waals surface area (Å²) in [6.45, 7) is 4.60. The molecular formula is C17H22N6O2. The number of nitro groups is 1. The molecule has 1 heterocycles. The molecule has 8 heteroatoms. The van der Waals surface area contributed by atoms with Crippen molar-refractivity contribution in [2.45, 2.75) is 13.5 Å². The van der Waals surface area contributed by atoms with Gasteiger partial charge in [0.15, 0.2) is 5.96 Å². The number of nitrogens with zero attached hydrogens (tertiary/aromatic N) is 3. The highest BCUT2D eigenvalue weighted by Crippen LogP contribution is 2.14. The van der Waals surface area contributed by atoms with E-state index in [2.05, 4.69) is 25.9 Å². The van der Waals surface area contributed by atoms with Crippen LogP contribution >= 0.6 is 0 Å². The van der Waals surface area contributed by atoms with Crippen molar-refractivity contribution in [3.63, 3.8) is 0 Å². The van der Waals surface area contributed by atoms with Gasteiger partial charge in [0.05, 0.1) is 17.2 Å². The predicted molar refractivity (Wildman–Crippen MR) is 98.6 cm³/mol. The number of benzene rings is 1. The van der Waals surface area contributed by atoms with E-state index < -0.39 is 4.92 Å². The van der Waals surface area contributed by atoms with Gasteiger partial charge >= 0.3 is 0 Å². The Kier molecular flexibility index (Phi) is 7.17. The van der Waals surface area contributed by atoms with Crippen LogP contribution in [0.2, 0.25) is 0 Å².